The number of carbonyl (C=O) groups is 1. The summed E-state index contributed by atoms with van der Waals surface area (Å²) in [7, 11) is 1.51. The zero-order valence-electron chi connectivity index (χ0n) is 12.9. The number of nitrogens with one attached hydrogen (secondary N) is 1. The minimum Gasteiger partial charge on any atom is -0.492 e. The minimum atomic E-state index is -4.38. The molecule has 0 saturated heterocycles. The summed E-state index contributed by atoms with van der Waals surface area (Å²) in [6, 6.07) is 7.50. The summed E-state index contributed by atoms with van der Waals surface area (Å²) in [5, 5.41) is 2.58. The molecule has 1 aromatic heterocycles. The second-order valence-corrected chi connectivity index (χ2v) is 4.83. The molecule has 0 atom stereocenters. The molecule has 2 aromatic rings. The SMILES string of the molecule is COCc1ccc(C(=O)NCCOc2ccc(C(F)(F)F)cc2)o1. The topological polar surface area (TPSA) is 60.7 Å². The number of furan rings is 1. The molecule has 1 N–H and O–H groups in total. The van der Waals surface area contributed by atoms with E-state index in [9.17, 15) is 18.0 Å². The van der Waals surface area contributed by atoms with Crippen LogP contribution in [0.15, 0.2) is 40.8 Å². The fourth-order valence-electron chi connectivity index (χ4n) is 1.88. The first-order chi connectivity index (χ1) is 11.4. The predicted molar refractivity (Wildman–Crippen MR) is 78.7 cm³/mol. The molecule has 1 heterocycles. The molecule has 0 aliphatic carbocycles. The highest BCUT2D eigenvalue weighted by Crippen LogP contribution is 2.30. The van der Waals surface area contributed by atoms with Crippen LogP contribution in [0.1, 0.15) is 21.9 Å². The van der Waals surface area contributed by atoms with Crippen molar-refractivity contribution >= 4 is 5.91 Å². The molecule has 0 aliphatic heterocycles. The van der Waals surface area contributed by atoms with Crippen LogP contribution in [0.3, 0.4) is 0 Å². The molecule has 0 saturated carbocycles. The van der Waals surface area contributed by atoms with Crippen LogP contribution in [0.2, 0.25) is 0 Å². The van der Waals surface area contributed by atoms with E-state index in [1.807, 2.05) is 0 Å². The predicted octanol–water partition coefficient (Wildman–Crippen LogP) is 3.25. The quantitative estimate of drug-likeness (QED) is 0.784. The van der Waals surface area contributed by atoms with Crippen molar-refractivity contribution in [2.45, 2.75) is 12.8 Å². The normalized spacial score (nSPS) is 11.3. The smallest absolute Gasteiger partial charge is 0.416 e. The number of hydrogen-bond donors (Lipinski definition) is 1. The number of ether oxygens (including phenoxy) is 2. The lowest BCUT2D eigenvalue weighted by Crippen LogP contribution is -2.27. The summed E-state index contributed by atoms with van der Waals surface area (Å²) in [5.41, 5.74) is -0.743. The third-order valence-electron chi connectivity index (χ3n) is 3.01. The molecule has 0 unspecified atom stereocenters. The number of benzene rings is 1. The van der Waals surface area contributed by atoms with Gasteiger partial charge in [-0.05, 0) is 36.4 Å². The highest BCUT2D eigenvalue weighted by molar-refractivity contribution is 5.91. The molecule has 1 aromatic carbocycles. The van der Waals surface area contributed by atoms with Gasteiger partial charge in [-0.2, -0.15) is 13.2 Å². The zero-order chi connectivity index (χ0) is 17.6. The first-order valence-corrected chi connectivity index (χ1v) is 7.06. The minimum absolute atomic E-state index is 0.114. The molecule has 2 rings (SSSR count). The third kappa shape index (κ3) is 5.02. The van der Waals surface area contributed by atoms with E-state index in [2.05, 4.69) is 5.32 Å². The Kier molecular flexibility index (Phi) is 5.86. The van der Waals surface area contributed by atoms with Crippen LogP contribution in [-0.2, 0) is 17.5 Å². The molecule has 1 amide bonds. The van der Waals surface area contributed by atoms with Crippen molar-refractivity contribution in [1.82, 2.24) is 5.32 Å². The highest BCUT2D eigenvalue weighted by Gasteiger charge is 2.29. The molecular formula is C16H16F3NO4. The van der Waals surface area contributed by atoms with Crippen molar-refractivity contribution in [3.63, 3.8) is 0 Å². The van der Waals surface area contributed by atoms with Crippen LogP contribution >= 0.6 is 0 Å². The summed E-state index contributed by atoms with van der Waals surface area (Å²) in [4.78, 5) is 11.8. The van der Waals surface area contributed by atoms with Crippen molar-refractivity contribution in [3.05, 3.63) is 53.5 Å². The number of halogens is 3. The second-order valence-electron chi connectivity index (χ2n) is 4.83. The Morgan fingerprint density at radius 2 is 1.88 bits per heavy atom. The molecule has 8 heteroatoms. The number of alkyl halides is 3. The first kappa shape index (κ1) is 17.9. The monoisotopic (exact) mass is 343 g/mol. The van der Waals surface area contributed by atoms with Gasteiger partial charge in [0.1, 0.15) is 24.7 Å². The third-order valence-corrected chi connectivity index (χ3v) is 3.01. The number of carbonyl (C=O) groups excluding carboxylic acids is 1. The maximum absolute atomic E-state index is 12.4. The average Bonchev–Trinajstić information content (AvgIpc) is 3.00. The van der Waals surface area contributed by atoms with Crippen LogP contribution in [0, 0.1) is 0 Å². The van der Waals surface area contributed by atoms with Gasteiger partial charge in [-0.25, -0.2) is 0 Å². The van der Waals surface area contributed by atoms with Gasteiger partial charge >= 0.3 is 6.18 Å². The molecule has 0 fully saturated rings. The van der Waals surface area contributed by atoms with Gasteiger partial charge in [0.05, 0.1) is 12.1 Å². The number of rotatable bonds is 7. The van der Waals surface area contributed by atoms with Crippen LogP contribution < -0.4 is 10.1 Å². The first-order valence-electron chi connectivity index (χ1n) is 7.06. The maximum Gasteiger partial charge on any atom is 0.416 e. The van der Waals surface area contributed by atoms with Crippen molar-refractivity contribution in [2.24, 2.45) is 0 Å². The van der Waals surface area contributed by atoms with E-state index >= 15 is 0 Å². The summed E-state index contributed by atoms with van der Waals surface area (Å²) in [6.45, 7) is 0.563. The molecule has 0 bridgehead atoms. The van der Waals surface area contributed by atoms with Gasteiger partial charge in [0.2, 0.25) is 0 Å². The molecule has 0 aliphatic rings. The molecular weight excluding hydrogens is 327 g/mol. The number of amides is 1. The van der Waals surface area contributed by atoms with Crippen molar-refractivity contribution in [3.8, 4) is 5.75 Å². The Hall–Kier alpha value is -2.48. The van der Waals surface area contributed by atoms with Crippen molar-refractivity contribution < 1.29 is 31.9 Å². The fraction of sp³-hybridized carbons (Fsp3) is 0.312. The molecule has 0 spiro atoms. The van der Waals surface area contributed by atoms with E-state index in [4.69, 9.17) is 13.9 Å². The second kappa shape index (κ2) is 7.87. The van der Waals surface area contributed by atoms with Gasteiger partial charge in [-0.3, -0.25) is 4.79 Å². The number of methoxy groups -OCH3 is 1. The number of hydrogen-bond acceptors (Lipinski definition) is 4. The van der Waals surface area contributed by atoms with Crippen LogP contribution in [0.25, 0.3) is 0 Å². The Labute approximate surface area is 136 Å². The molecule has 24 heavy (non-hydrogen) atoms. The van der Waals surface area contributed by atoms with E-state index < -0.39 is 17.6 Å². The van der Waals surface area contributed by atoms with E-state index in [0.717, 1.165) is 12.1 Å². The van der Waals surface area contributed by atoms with Gasteiger partial charge in [0.25, 0.3) is 5.91 Å². The van der Waals surface area contributed by atoms with Gasteiger partial charge in [0.15, 0.2) is 5.76 Å². The van der Waals surface area contributed by atoms with Gasteiger partial charge in [0, 0.05) is 7.11 Å². The lowest BCUT2D eigenvalue weighted by molar-refractivity contribution is -0.137. The summed E-state index contributed by atoms with van der Waals surface area (Å²) >= 11 is 0. The van der Waals surface area contributed by atoms with Crippen LogP contribution in [0.4, 0.5) is 13.2 Å². The van der Waals surface area contributed by atoms with E-state index in [1.54, 1.807) is 6.07 Å². The summed E-state index contributed by atoms with van der Waals surface area (Å²) in [5.74, 6) is 0.561. The molecule has 5 nitrogen and oxygen atoms in total. The van der Waals surface area contributed by atoms with Gasteiger partial charge < -0.3 is 19.2 Å². The zero-order valence-corrected chi connectivity index (χ0v) is 12.9. The molecule has 0 radical (unpaired) electrons. The fourth-order valence-corrected chi connectivity index (χ4v) is 1.88. The summed E-state index contributed by atoms with van der Waals surface area (Å²) < 4.78 is 52.7. The van der Waals surface area contributed by atoms with Crippen LogP contribution in [0.5, 0.6) is 5.75 Å². The van der Waals surface area contributed by atoms with Gasteiger partial charge in [-0.1, -0.05) is 0 Å². The van der Waals surface area contributed by atoms with Gasteiger partial charge in [-0.15, -0.1) is 0 Å². The maximum atomic E-state index is 12.4. The Morgan fingerprint density at radius 3 is 2.50 bits per heavy atom. The molecule has 130 valence electrons. The highest BCUT2D eigenvalue weighted by atomic mass is 19.4. The van der Waals surface area contributed by atoms with E-state index in [0.29, 0.717) is 5.76 Å². The van der Waals surface area contributed by atoms with E-state index in [-0.39, 0.29) is 31.3 Å². The average molecular weight is 343 g/mol. The van der Waals surface area contributed by atoms with Crippen molar-refractivity contribution in [1.29, 1.82) is 0 Å². The largest absolute Gasteiger partial charge is 0.492 e. The van der Waals surface area contributed by atoms with Crippen molar-refractivity contribution in [2.75, 3.05) is 20.3 Å². The lowest BCUT2D eigenvalue weighted by atomic mass is 10.2. The Balaban J connectivity index is 1.75. The standard InChI is InChI=1S/C16H16F3NO4/c1-22-10-13-6-7-14(24-13)15(21)20-8-9-23-12-4-2-11(3-5-12)16(17,18)19/h2-7H,8-10H2,1H3,(H,20,21). The Morgan fingerprint density at radius 1 is 1.17 bits per heavy atom. The Bertz CT molecular complexity index is 665. The lowest BCUT2D eigenvalue weighted by Gasteiger charge is -2.09. The van der Waals surface area contributed by atoms with Crippen LogP contribution in [-0.4, -0.2) is 26.2 Å². The summed E-state index contributed by atoms with van der Waals surface area (Å²) in [6.07, 6.45) is -4.38. The van der Waals surface area contributed by atoms with E-state index in [1.165, 1.54) is 25.3 Å².